The van der Waals surface area contributed by atoms with Crippen molar-refractivity contribution in [3.8, 4) is 0 Å². The van der Waals surface area contributed by atoms with Gasteiger partial charge in [-0.25, -0.2) is 0 Å². The van der Waals surface area contributed by atoms with Gasteiger partial charge in [-0.15, -0.1) is 0 Å². The summed E-state index contributed by atoms with van der Waals surface area (Å²) in [6, 6.07) is 17.8. The van der Waals surface area contributed by atoms with E-state index in [1.54, 1.807) is 0 Å². The zero-order valence-electron chi connectivity index (χ0n) is 12.2. The Bertz CT molecular complexity index is 604. The van der Waals surface area contributed by atoms with Gasteiger partial charge < -0.3 is 10.6 Å². The molecule has 0 aromatic heterocycles. The van der Waals surface area contributed by atoms with Crippen LogP contribution < -0.4 is 10.6 Å². The molecule has 0 fully saturated rings. The molecule has 1 aliphatic rings. The van der Waals surface area contributed by atoms with Crippen molar-refractivity contribution >= 4 is 11.4 Å². The van der Waals surface area contributed by atoms with Gasteiger partial charge in [-0.3, -0.25) is 0 Å². The Morgan fingerprint density at radius 2 is 1.70 bits per heavy atom. The standard InChI is InChI=1S/C18H22N2/c1-13-11-12-15-7-3-5-9-17(15)20(13)18-10-6-4-8-16(18)14(2)19/h3-10,13-14H,11-12,19H2,1-2H3. The maximum absolute atomic E-state index is 6.16. The number of aryl methyl sites for hydroxylation is 1. The van der Waals surface area contributed by atoms with Gasteiger partial charge in [0.05, 0.1) is 0 Å². The number of rotatable bonds is 2. The van der Waals surface area contributed by atoms with Gasteiger partial charge >= 0.3 is 0 Å². The number of hydrogen-bond donors (Lipinski definition) is 1. The van der Waals surface area contributed by atoms with E-state index in [1.807, 2.05) is 0 Å². The van der Waals surface area contributed by atoms with E-state index in [-0.39, 0.29) is 6.04 Å². The van der Waals surface area contributed by atoms with Crippen LogP contribution in [-0.4, -0.2) is 6.04 Å². The summed E-state index contributed by atoms with van der Waals surface area (Å²) in [5.74, 6) is 0. The molecule has 2 heteroatoms. The van der Waals surface area contributed by atoms with E-state index in [4.69, 9.17) is 5.73 Å². The average molecular weight is 266 g/mol. The van der Waals surface area contributed by atoms with Crippen LogP contribution in [0.2, 0.25) is 0 Å². The van der Waals surface area contributed by atoms with Crippen molar-refractivity contribution < 1.29 is 0 Å². The van der Waals surface area contributed by atoms with Crippen LogP contribution in [0.4, 0.5) is 11.4 Å². The van der Waals surface area contributed by atoms with Crippen LogP contribution >= 0.6 is 0 Å². The van der Waals surface area contributed by atoms with Gasteiger partial charge in [-0.2, -0.15) is 0 Å². The Hall–Kier alpha value is -1.80. The maximum atomic E-state index is 6.16. The second-order valence-electron chi connectivity index (χ2n) is 5.73. The molecule has 2 aromatic rings. The zero-order chi connectivity index (χ0) is 14.1. The normalized spacial score (nSPS) is 19.6. The summed E-state index contributed by atoms with van der Waals surface area (Å²) in [5.41, 5.74) is 11.4. The molecule has 104 valence electrons. The highest BCUT2D eigenvalue weighted by Gasteiger charge is 2.25. The topological polar surface area (TPSA) is 29.3 Å². The molecular weight excluding hydrogens is 244 g/mol. The minimum atomic E-state index is 0.0486. The fraction of sp³-hybridized carbons (Fsp3) is 0.333. The van der Waals surface area contributed by atoms with Gasteiger partial charge in [0, 0.05) is 23.5 Å². The zero-order valence-corrected chi connectivity index (χ0v) is 12.2. The third kappa shape index (κ3) is 2.20. The molecule has 2 aromatic carbocycles. The van der Waals surface area contributed by atoms with Crippen LogP contribution in [0, 0.1) is 0 Å². The Morgan fingerprint density at radius 1 is 1.05 bits per heavy atom. The van der Waals surface area contributed by atoms with Crippen molar-refractivity contribution in [2.45, 2.75) is 38.8 Å². The number of hydrogen-bond acceptors (Lipinski definition) is 2. The summed E-state index contributed by atoms with van der Waals surface area (Å²) < 4.78 is 0. The van der Waals surface area contributed by atoms with Crippen LogP contribution in [0.5, 0.6) is 0 Å². The van der Waals surface area contributed by atoms with Gasteiger partial charge in [0.1, 0.15) is 0 Å². The lowest BCUT2D eigenvalue weighted by Gasteiger charge is -2.38. The van der Waals surface area contributed by atoms with Crippen molar-refractivity contribution in [1.29, 1.82) is 0 Å². The molecule has 2 atom stereocenters. The monoisotopic (exact) mass is 266 g/mol. The van der Waals surface area contributed by atoms with E-state index in [0.717, 1.165) is 6.42 Å². The van der Waals surface area contributed by atoms with E-state index >= 15 is 0 Å². The molecule has 1 aliphatic heterocycles. The lowest BCUT2D eigenvalue weighted by atomic mass is 9.94. The molecule has 20 heavy (non-hydrogen) atoms. The molecule has 0 spiro atoms. The fourth-order valence-corrected chi connectivity index (χ4v) is 3.15. The van der Waals surface area contributed by atoms with Gasteiger partial charge in [0.25, 0.3) is 0 Å². The third-order valence-corrected chi connectivity index (χ3v) is 4.21. The Labute approximate surface area is 121 Å². The van der Waals surface area contributed by atoms with E-state index < -0.39 is 0 Å². The lowest BCUT2D eigenvalue weighted by molar-refractivity contribution is 0.614. The first-order chi connectivity index (χ1) is 9.68. The van der Waals surface area contributed by atoms with Gasteiger partial charge in [0.15, 0.2) is 0 Å². The summed E-state index contributed by atoms with van der Waals surface area (Å²) in [6.45, 7) is 4.35. The highest BCUT2D eigenvalue weighted by molar-refractivity contribution is 5.71. The second-order valence-corrected chi connectivity index (χ2v) is 5.73. The van der Waals surface area contributed by atoms with Gasteiger partial charge in [0.2, 0.25) is 0 Å². The van der Waals surface area contributed by atoms with Crippen LogP contribution in [-0.2, 0) is 6.42 Å². The van der Waals surface area contributed by atoms with Crippen molar-refractivity contribution in [2.24, 2.45) is 5.73 Å². The average Bonchev–Trinajstić information content (AvgIpc) is 2.47. The molecule has 1 heterocycles. The molecule has 0 saturated heterocycles. The molecule has 0 saturated carbocycles. The summed E-state index contributed by atoms with van der Waals surface area (Å²) in [5, 5.41) is 0. The highest BCUT2D eigenvalue weighted by atomic mass is 15.2. The quantitative estimate of drug-likeness (QED) is 0.883. The number of anilines is 2. The van der Waals surface area contributed by atoms with E-state index in [2.05, 4.69) is 67.3 Å². The van der Waals surface area contributed by atoms with Crippen molar-refractivity contribution in [1.82, 2.24) is 0 Å². The Morgan fingerprint density at radius 3 is 2.45 bits per heavy atom. The van der Waals surface area contributed by atoms with Crippen molar-refractivity contribution in [2.75, 3.05) is 4.90 Å². The van der Waals surface area contributed by atoms with Crippen molar-refractivity contribution in [3.63, 3.8) is 0 Å². The first-order valence-corrected chi connectivity index (χ1v) is 7.40. The lowest BCUT2D eigenvalue weighted by Crippen LogP contribution is -2.34. The van der Waals surface area contributed by atoms with Crippen LogP contribution in [0.1, 0.15) is 37.4 Å². The minimum absolute atomic E-state index is 0.0486. The predicted molar refractivity (Wildman–Crippen MR) is 85.4 cm³/mol. The summed E-state index contributed by atoms with van der Waals surface area (Å²) in [7, 11) is 0. The van der Waals surface area contributed by atoms with E-state index in [0.29, 0.717) is 6.04 Å². The molecule has 3 rings (SSSR count). The summed E-state index contributed by atoms with van der Waals surface area (Å²) >= 11 is 0. The first-order valence-electron chi connectivity index (χ1n) is 7.40. The number of nitrogens with zero attached hydrogens (tertiary/aromatic N) is 1. The molecule has 0 amide bonds. The third-order valence-electron chi connectivity index (χ3n) is 4.21. The molecule has 0 radical (unpaired) electrons. The van der Waals surface area contributed by atoms with Crippen LogP contribution in [0.25, 0.3) is 0 Å². The summed E-state index contributed by atoms with van der Waals surface area (Å²) in [6.07, 6.45) is 2.35. The fourth-order valence-electron chi connectivity index (χ4n) is 3.15. The van der Waals surface area contributed by atoms with Crippen molar-refractivity contribution in [3.05, 3.63) is 59.7 Å². The number of para-hydroxylation sites is 2. The molecule has 0 bridgehead atoms. The molecule has 0 aliphatic carbocycles. The largest absolute Gasteiger partial charge is 0.338 e. The van der Waals surface area contributed by atoms with Crippen LogP contribution in [0.15, 0.2) is 48.5 Å². The van der Waals surface area contributed by atoms with Crippen LogP contribution in [0.3, 0.4) is 0 Å². The number of benzene rings is 2. The van der Waals surface area contributed by atoms with E-state index in [9.17, 15) is 0 Å². The van der Waals surface area contributed by atoms with E-state index in [1.165, 1.54) is 28.9 Å². The highest BCUT2D eigenvalue weighted by Crippen LogP contribution is 2.39. The van der Waals surface area contributed by atoms with Gasteiger partial charge in [-0.05, 0) is 49.9 Å². The maximum Gasteiger partial charge on any atom is 0.0461 e. The Balaban J connectivity index is 2.14. The minimum Gasteiger partial charge on any atom is -0.338 e. The smallest absolute Gasteiger partial charge is 0.0461 e. The number of fused-ring (bicyclic) bond motifs is 1. The SMILES string of the molecule is CC(N)c1ccccc1N1c2ccccc2CCC1C. The summed E-state index contributed by atoms with van der Waals surface area (Å²) in [4.78, 5) is 2.46. The number of nitrogens with two attached hydrogens (primary N) is 1. The Kier molecular flexibility index (Phi) is 3.49. The molecular formula is C18H22N2. The van der Waals surface area contributed by atoms with Gasteiger partial charge in [-0.1, -0.05) is 36.4 Å². The molecule has 2 nitrogen and oxygen atoms in total. The molecule has 2 N–H and O–H groups in total. The predicted octanol–water partition coefficient (Wildman–Crippen LogP) is 4.18. The first kappa shape index (κ1) is 13.2. The molecule has 2 unspecified atom stereocenters. The second kappa shape index (κ2) is 5.29.